The maximum absolute atomic E-state index is 11.4. The Hall–Kier alpha value is -0.300. The van der Waals surface area contributed by atoms with E-state index in [0.717, 1.165) is 30.1 Å². The molecule has 0 radical (unpaired) electrons. The number of hydrogen-bond donors (Lipinski definition) is 1. The summed E-state index contributed by atoms with van der Waals surface area (Å²) in [5.74, 6) is 3.91. The molecule has 0 heterocycles. The lowest BCUT2D eigenvalue weighted by Crippen LogP contribution is -2.67. The molecule has 0 spiro atoms. The molecule has 0 amide bonds. The minimum absolute atomic E-state index is 0.000715. The van der Waals surface area contributed by atoms with Crippen LogP contribution >= 0.6 is 0 Å². The van der Waals surface area contributed by atoms with Gasteiger partial charge in [0.15, 0.2) is 0 Å². The van der Waals surface area contributed by atoms with Gasteiger partial charge in [0.05, 0.1) is 5.60 Å². The molecule has 1 nitrogen and oxygen atoms in total. The van der Waals surface area contributed by atoms with Crippen LogP contribution in [-0.2, 0) is 0 Å². The molecule has 5 fully saturated rings. The molecule has 0 aromatic heterocycles. The Kier molecular flexibility index (Phi) is 4.89. The minimum Gasteiger partial charge on any atom is -0.390 e. The molecular weight excluding hydrogens is 388 g/mol. The highest BCUT2D eigenvalue weighted by Gasteiger charge is 2.71. The van der Waals surface area contributed by atoms with Gasteiger partial charge in [-0.25, -0.2) is 0 Å². The topological polar surface area (TPSA) is 20.2 Å². The maximum Gasteiger partial charge on any atom is 0.0673 e. The monoisotopic (exact) mass is 440 g/mol. The highest BCUT2D eigenvalue weighted by molar-refractivity contribution is 5.21. The van der Waals surface area contributed by atoms with Gasteiger partial charge in [-0.05, 0) is 135 Å². The van der Waals surface area contributed by atoms with Gasteiger partial charge >= 0.3 is 0 Å². The van der Waals surface area contributed by atoms with Gasteiger partial charge in [0.1, 0.15) is 0 Å². The molecule has 10 atom stereocenters. The maximum atomic E-state index is 11.4. The van der Waals surface area contributed by atoms with Gasteiger partial charge in [-0.2, -0.15) is 0 Å². The summed E-state index contributed by atoms with van der Waals surface area (Å²) in [6.07, 6.45) is 13.4. The summed E-state index contributed by atoms with van der Waals surface area (Å²) >= 11 is 0. The number of hydrogen-bond acceptors (Lipinski definition) is 1. The lowest BCUT2D eigenvalue weighted by Gasteiger charge is -2.73. The number of aliphatic hydroxyl groups is 1. The smallest absolute Gasteiger partial charge is 0.0673 e. The molecule has 0 aromatic rings. The van der Waals surface area contributed by atoms with Crippen molar-refractivity contribution in [3.05, 3.63) is 12.2 Å². The normalized spacial score (nSPS) is 58.8. The van der Waals surface area contributed by atoms with Crippen molar-refractivity contribution in [2.75, 3.05) is 0 Å². The van der Waals surface area contributed by atoms with Crippen LogP contribution in [0.25, 0.3) is 0 Å². The molecule has 32 heavy (non-hydrogen) atoms. The quantitative estimate of drug-likeness (QED) is 0.406. The first-order chi connectivity index (χ1) is 14.6. The van der Waals surface area contributed by atoms with Gasteiger partial charge < -0.3 is 5.11 Å². The molecule has 0 aliphatic heterocycles. The summed E-state index contributed by atoms with van der Waals surface area (Å²) in [7, 11) is 0. The van der Waals surface area contributed by atoms with Gasteiger partial charge in [-0.3, -0.25) is 0 Å². The first-order valence-electron chi connectivity index (χ1n) is 14.0. The molecule has 5 unspecified atom stereocenters. The number of allylic oxidation sites excluding steroid dienone is 1. The molecule has 1 N–H and O–H groups in total. The van der Waals surface area contributed by atoms with E-state index in [2.05, 4.69) is 62.0 Å². The van der Waals surface area contributed by atoms with Crippen LogP contribution in [0.5, 0.6) is 0 Å². The van der Waals surface area contributed by atoms with Gasteiger partial charge in [-0.15, -0.1) is 0 Å². The lowest BCUT2D eigenvalue weighted by atomic mass is 9.31. The Balaban J connectivity index is 1.54. The average Bonchev–Trinajstić information content (AvgIpc) is 3.04. The number of rotatable bonds is 1. The molecule has 0 bridgehead atoms. The molecule has 1 heteroatoms. The van der Waals surface area contributed by atoms with Crippen molar-refractivity contribution in [2.24, 2.45) is 56.7 Å². The zero-order valence-electron chi connectivity index (χ0n) is 22.6. The largest absolute Gasteiger partial charge is 0.390 e. The Morgan fingerprint density at radius 1 is 0.719 bits per heavy atom. The van der Waals surface area contributed by atoms with E-state index in [1.54, 1.807) is 0 Å². The molecule has 5 saturated carbocycles. The second kappa shape index (κ2) is 6.67. The Labute approximate surface area is 199 Å². The molecular formula is C31H52O. The molecule has 0 aromatic carbocycles. The molecule has 5 aliphatic carbocycles. The van der Waals surface area contributed by atoms with Crippen molar-refractivity contribution in [3.63, 3.8) is 0 Å². The average molecular weight is 441 g/mol. The summed E-state index contributed by atoms with van der Waals surface area (Å²) in [6, 6.07) is 0. The van der Waals surface area contributed by atoms with Crippen LogP contribution in [0.1, 0.15) is 120 Å². The van der Waals surface area contributed by atoms with E-state index in [0.29, 0.717) is 27.6 Å². The van der Waals surface area contributed by atoms with E-state index in [1.165, 1.54) is 63.4 Å². The van der Waals surface area contributed by atoms with Crippen molar-refractivity contribution in [1.29, 1.82) is 0 Å². The third-order valence-corrected chi connectivity index (χ3v) is 14.2. The standard InChI is InChI=1S/C31H52O/c1-20(2)21-12-14-27(5)16-18-29(7)22(25(21)27)10-11-24-28(6)17-19-31(9,32)26(3,4)23(28)13-15-30(24,29)8/h21-25,32H,1,10-19H2,2-9H3/t21?,22?,23?,24?,25?,27-,28+,29+,30-,31-/m1/s1. The molecule has 0 saturated heterocycles. The van der Waals surface area contributed by atoms with Crippen LogP contribution in [-0.4, -0.2) is 10.7 Å². The third-order valence-electron chi connectivity index (χ3n) is 14.2. The first kappa shape index (κ1) is 23.4. The van der Waals surface area contributed by atoms with Crippen molar-refractivity contribution in [2.45, 2.75) is 125 Å². The lowest BCUT2D eigenvalue weighted by molar-refractivity contribution is -0.261. The fraction of sp³-hybridized carbons (Fsp3) is 0.935. The minimum atomic E-state index is -0.531. The summed E-state index contributed by atoms with van der Waals surface area (Å²) in [5.41, 5.74) is 2.74. The second-order valence-corrected chi connectivity index (χ2v) is 15.3. The second-order valence-electron chi connectivity index (χ2n) is 15.3. The summed E-state index contributed by atoms with van der Waals surface area (Å²) in [4.78, 5) is 0. The fourth-order valence-electron chi connectivity index (χ4n) is 11.6. The number of fused-ring (bicyclic) bond motifs is 7. The van der Waals surface area contributed by atoms with Crippen LogP contribution in [0.2, 0.25) is 0 Å². The van der Waals surface area contributed by atoms with Gasteiger partial charge in [0, 0.05) is 0 Å². The molecule has 5 rings (SSSR count). The Morgan fingerprint density at radius 3 is 2.06 bits per heavy atom. The molecule has 5 aliphatic rings. The first-order valence-corrected chi connectivity index (χ1v) is 14.0. The fourth-order valence-corrected chi connectivity index (χ4v) is 11.6. The SMILES string of the molecule is C=C(C)C1CC[C@]2(C)CC[C@@]3(C)C(CCC4[C@@]5(C)CC[C@@](C)(O)C(C)(C)C5CC[C@]43C)C12. The van der Waals surface area contributed by atoms with Crippen LogP contribution < -0.4 is 0 Å². The summed E-state index contributed by atoms with van der Waals surface area (Å²) in [5, 5.41) is 11.4. The van der Waals surface area contributed by atoms with Crippen LogP contribution in [0.15, 0.2) is 12.2 Å². The van der Waals surface area contributed by atoms with Crippen LogP contribution in [0.4, 0.5) is 0 Å². The highest BCUT2D eigenvalue weighted by atomic mass is 16.3. The van der Waals surface area contributed by atoms with Gasteiger partial charge in [-0.1, -0.05) is 53.7 Å². The van der Waals surface area contributed by atoms with Crippen molar-refractivity contribution < 1.29 is 5.11 Å². The Morgan fingerprint density at radius 2 is 1.41 bits per heavy atom. The Bertz CT molecular complexity index is 807. The van der Waals surface area contributed by atoms with Gasteiger partial charge in [0.25, 0.3) is 0 Å². The van der Waals surface area contributed by atoms with E-state index in [9.17, 15) is 5.11 Å². The summed E-state index contributed by atoms with van der Waals surface area (Å²) < 4.78 is 0. The van der Waals surface area contributed by atoms with Crippen LogP contribution in [0.3, 0.4) is 0 Å². The van der Waals surface area contributed by atoms with Crippen LogP contribution in [0, 0.1) is 56.7 Å². The van der Waals surface area contributed by atoms with Crippen molar-refractivity contribution in [1.82, 2.24) is 0 Å². The van der Waals surface area contributed by atoms with Gasteiger partial charge in [0.2, 0.25) is 0 Å². The van der Waals surface area contributed by atoms with E-state index in [1.807, 2.05) is 0 Å². The predicted octanol–water partition coefficient (Wildman–Crippen LogP) is 8.41. The van der Waals surface area contributed by atoms with Crippen molar-refractivity contribution in [3.8, 4) is 0 Å². The zero-order valence-corrected chi connectivity index (χ0v) is 22.6. The highest BCUT2D eigenvalue weighted by Crippen LogP contribution is 2.77. The third kappa shape index (κ3) is 2.62. The van der Waals surface area contributed by atoms with E-state index in [4.69, 9.17) is 0 Å². The van der Waals surface area contributed by atoms with E-state index < -0.39 is 5.60 Å². The van der Waals surface area contributed by atoms with Crippen molar-refractivity contribution >= 4 is 0 Å². The van der Waals surface area contributed by atoms with E-state index >= 15 is 0 Å². The zero-order chi connectivity index (χ0) is 23.5. The summed E-state index contributed by atoms with van der Waals surface area (Å²) in [6.45, 7) is 24.5. The predicted molar refractivity (Wildman–Crippen MR) is 135 cm³/mol. The van der Waals surface area contributed by atoms with E-state index in [-0.39, 0.29) is 5.41 Å². The molecule has 182 valence electrons.